The first-order valence-electron chi connectivity index (χ1n) is 7.19. The molecule has 3 heteroatoms. The second-order valence-corrected chi connectivity index (χ2v) is 6.00. The molecule has 0 saturated heterocycles. The van der Waals surface area contributed by atoms with Crippen LogP contribution in [0.2, 0.25) is 0 Å². The van der Waals surface area contributed by atoms with Gasteiger partial charge in [-0.15, -0.1) is 0 Å². The van der Waals surface area contributed by atoms with E-state index in [1.54, 1.807) is 0 Å². The van der Waals surface area contributed by atoms with Gasteiger partial charge in [-0.1, -0.05) is 25.7 Å². The zero-order valence-corrected chi connectivity index (χ0v) is 11.0. The van der Waals surface area contributed by atoms with E-state index in [1.807, 2.05) is 0 Å². The molecule has 0 aromatic rings. The number of carbonyl (C=O) groups is 1. The van der Waals surface area contributed by atoms with E-state index in [0.29, 0.717) is 18.5 Å². The van der Waals surface area contributed by atoms with E-state index in [2.05, 4.69) is 12.2 Å². The summed E-state index contributed by atoms with van der Waals surface area (Å²) in [6.07, 6.45) is 9.47. The van der Waals surface area contributed by atoms with Gasteiger partial charge in [0.05, 0.1) is 5.41 Å². The number of nitrogens with two attached hydrogens (primary N) is 1. The zero-order chi connectivity index (χ0) is 12.3. The van der Waals surface area contributed by atoms with Crippen LogP contribution in [0.15, 0.2) is 0 Å². The summed E-state index contributed by atoms with van der Waals surface area (Å²) >= 11 is 0. The molecule has 0 aromatic carbocycles. The summed E-state index contributed by atoms with van der Waals surface area (Å²) < 4.78 is 0. The van der Waals surface area contributed by atoms with E-state index in [0.717, 1.165) is 25.7 Å². The van der Waals surface area contributed by atoms with Crippen molar-refractivity contribution in [1.29, 1.82) is 0 Å². The third-order valence-electron chi connectivity index (χ3n) is 4.90. The minimum atomic E-state index is -0.243. The minimum Gasteiger partial charge on any atom is -0.353 e. The van der Waals surface area contributed by atoms with Crippen LogP contribution in [0.5, 0.6) is 0 Å². The Kier molecular flexibility index (Phi) is 4.08. The van der Waals surface area contributed by atoms with Crippen molar-refractivity contribution in [2.75, 3.05) is 6.54 Å². The first-order valence-corrected chi connectivity index (χ1v) is 7.19. The van der Waals surface area contributed by atoms with Crippen LogP contribution in [-0.4, -0.2) is 18.5 Å². The van der Waals surface area contributed by atoms with Gasteiger partial charge >= 0.3 is 0 Å². The fourth-order valence-electron chi connectivity index (χ4n) is 3.51. The monoisotopic (exact) mass is 238 g/mol. The van der Waals surface area contributed by atoms with Gasteiger partial charge in [-0.2, -0.15) is 0 Å². The van der Waals surface area contributed by atoms with Crippen molar-refractivity contribution in [2.24, 2.45) is 17.1 Å². The number of carbonyl (C=O) groups excluding carboxylic acids is 1. The van der Waals surface area contributed by atoms with Crippen molar-refractivity contribution in [1.82, 2.24) is 5.32 Å². The highest BCUT2D eigenvalue weighted by Gasteiger charge is 2.40. The van der Waals surface area contributed by atoms with E-state index in [4.69, 9.17) is 5.73 Å². The van der Waals surface area contributed by atoms with E-state index in [1.165, 1.54) is 25.7 Å². The number of hydrogen-bond acceptors (Lipinski definition) is 2. The van der Waals surface area contributed by atoms with Crippen molar-refractivity contribution >= 4 is 5.91 Å². The van der Waals surface area contributed by atoms with Gasteiger partial charge in [0.15, 0.2) is 0 Å². The molecule has 2 aliphatic carbocycles. The highest BCUT2D eigenvalue weighted by Crippen LogP contribution is 2.38. The molecule has 3 N–H and O–H groups in total. The Morgan fingerprint density at radius 1 is 1.29 bits per heavy atom. The molecule has 2 fully saturated rings. The summed E-state index contributed by atoms with van der Waals surface area (Å²) in [6.45, 7) is 2.67. The second-order valence-electron chi connectivity index (χ2n) is 6.00. The molecule has 17 heavy (non-hydrogen) atoms. The summed E-state index contributed by atoms with van der Waals surface area (Å²) in [5.41, 5.74) is 5.59. The lowest BCUT2D eigenvalue weighted by atomic mass is 9.84. The fraction of sp³-hybridized carbons (Fsp3) is 0.929. The lowest BCUT2D eigenvalue weighted by molar-refractivity contribution is -0.131. The lowest BCUT2D eigenvalue weighted by Crippen LogP contribution is -2.48. The molecule has 1 unspecified atom stereocenters. The van der Waals surface area contributed by atoms with E-state index >= 15 is 0 Å². The minimum absolute atomic E-state index is 0.219. The molecule has 0 radical (unpaired) electrons. The lowest BCUT2D eigenvalue weighted by Gasteiger charge is -2.29. The molecular formula is C14H26N2O. The molecule has 1 amide bonds. The van der Waals surface area contributed by atoms with E-state index < -0.39 is 0 Å². The van der Waals surface area contributed by atoms with Gasteiger partial charge in [-0.05, 0) is 38.5 Å². The van der Waals surface area contributed by atoms with Crippen LogP contribution in [0.1, 0.15) is 58.3 Å². The van der Waals surface area contributed by atoms with Gasteiger partial charge in [-0.3, -0.25) is 4.79 Å². The Bertz CT molecular complexity index is 265. The van der Waals surface area contributed by atoms with Crippen LogP contribution in [0.25, 0.3) is 0 Å². The number of hydrogen-bond donors (Lipinski definition) is 2. The maximum Gasteiger partial charge on any atom is 0.227 e. The van der Waals surface area contributed by atoms with Crippen molar-refractivity contribution in [3.63, 3.8) is 0 Å². The Balaban J connectivity index is 1.90. The molecule has 2 aliphatic rings. The molecule has 3 nitrogen and oxygen atoms in total. The average molecular weight is 238 g/mol. The highest BCUT2D eigenvalue weighted by atomic mass is 16.2. The van der Waals surface area contributed by atoms with Gasteiger partial charge in [-0.25, -0.2) is 0 Å². The molecule has 0 bridgehead atoms. The third kappa shape index (κ3) is 2.65. The largest absolute Gasteiger partial charge is 0.353 e. The second kappa shape index (κ2) is 5.38. The summed E-state index contributed by atoms with van der Waals surface area (Å²) in [5, 5.41) is 3.24. The fourth-order valence-corrected chi connectivity index (χ4v) is 3.51. The van der Waals surface area contributed by atoms with Crippen LogP contribution in [-0.2, 0) is 4.79 Å². The summed E-state index contributed by atoms with van der Waals surface area (Å²) in [7, 11) is 0. The smallest absolute Gasteiger partial charge is 0.227 e. The highest BCUT2D eigenvalue weighted by molar-refractivity contribution is 5.83. The van der Waals surface area contributed by atoms with Crippen LogP contribution >= 0.6 is 0 Å². The Labute approximate surface area is 105 Å². The number of rotatable bonds is 4. The van der Waals surface area contributed by atoms with Gasteiger partial charge in [0.1, 0.15) is 0 Å². The maximum atomic E-state index is 12.4. The van der Waals surface area contributed by atoms with Crippen LogP contribution in [0.3, 0.4) is 0 Å². The predicted octanol–water partition coefficient (Wildman–Crippen LogP) is 2.20. The Morgan fingerprint density at radius 2 is 1.88 bits per heavy atom. The van der Waals surface area contributed by atoms with Gasteiger partial charge in [0.2, 0.25) is 5.91 Å². The molecule has 0 spiro atoms. The quantitative estimate of drug-likeness (QED) is 0.789. The first kappa shape index (κ1) is 12.9. The zero-order valence-electron chi connectivity index (χ0n) is 11.0. The molecule has 1 atom stereocenters. The molecule has 0 heterocycles. The van der Waals surface area contributed by atoms with Crippen molar-refractivity contribution in [3.8, 4) is 0 Å². The standard InChI is InChI=1S/C14H26N2O/c1-11(12-6-2-3-7-12)16-13(17)14(10-15)8-4-5-9-14/h11-12H,2-10,15H2,1H3,(H,16,17). The topological polar surface area (TPSA) is 55.1 Å². The Morgan fingerprint density at radius 3 is 2.41 bits per heavy atom. The van der Waals surface area contributed by atoms with Crippen LogP contribution in [0.4, 0.5) is 0 Å². The van der Waals surface area contributed by atoms with Gasteiger partial charge in [0.25, 0.3) is 0 Å². The molecule has 2 rings (SSSR count). The van der Waals surface area contributed by atoms with E-state index in [9.17, 15) is 4.79 Å². The summed E-state index contributed by atoms with van der Waals surface area (Å²) in [6, 6.07) is 0.328. The van der Waals surface area contributed by atoms with Crippen molar-refractivity contribution in [3.05, 3.63) is 0 Å². The normalized spacial score (nSPS) is 26.0. The molecule has 0 aromatic heterocycles. The SMILES string of the molecule is CC(NC(=O)C1(CN)CCCC1)C1CCCC1. The molecular weight excluding hydrogens is 212 g/mol. The Hall–Kier alpha value is -0.570. The number of nitrogens with one attached hydrogen (secondary N) is 1. The third-order valence-corrected chi connectivity index (χ3v) is 4.90. The molecule has 98 valence electrons. The van der Waals surface area contributed by atoms with Crippen LogP contribution in [0, 0.1) is 11.3 Å². The summed E-state index contributed by atoms with van der Waals surface area (Å²) in [5.74, 6) is 0.909. The van der Waals surface area contributed by atoms with E-state index in [-0.39, 0.29) is 11.3 Å². The molecule has 0 aliphatic heterocycles. The average Bonchev–Trinajstić information content (AvgIpc) is 3.01. The summed E-state index contributed by atoms with van der Waals surface area (Å²) in [4.78, 5) is 12.4. The van der Waals surface area contributed by atoms with Crippen LogP contribution < -0.4 is 11.1 Å². The molecule has 2 saturated carbocycles. The van der Waals surface area contributed by atoms with Crippen molar-refractivity contribution < 1.29 is 4.79 Å². The van der Waals surface area contributed by atoms with Gasteiger partial charge in [0, 0.05) is 12.6 Å². The number of amides is 1. The van der Waals surface area contributed by atoms with Crippen molar-refractivity contribution in [2.45, 2.75) is 64.3 Å². The maximum absolute atomic E-state index is 12.4. The first-order chi connectivity index (χ1) is 8.18. The van der Waals surface area contributed by atoms with Gasteiger partial charge < -0.3 is 11.1 Å². The predicted molar refractivity (Wildman–Crippen MR) is 69.5 cm³/mol.